The molecule has 4 aromatic carbocycles. The molecule has 0 heterocycles. The SMILES string of the molecule is Nc1ccc(OS(=O)(=O)c2cccc(C(=O)c3cccc(S(=O)(=O)Oc4ccc(N)cc4)c3)c2)cc1. The van der Waals surface area contributed by atoms with E-state index in [-0.39, 0.29) is 32.4 Å². The first-order valence-electron chi connectivity index (χ1n) is 10.4. The van der Waals surface area contributed by atoms with Crippen LogP contribution in [0.3, 0.4) is 0 Å². The fraction of sp³-hybridized carbons (Fsp3) is 0. The second-order valence-corrected chi connectivity index (χ2v) is 10.7. The Morgan fingerprint density at radius 3 is 1.28 bits per heavy atom. The van der Waals surface area contributed by atoms with E-state index >= 15 is 0 Å². The number of anilines is 2. The van der Waals surface area contributed by atoms with Crippen molar-refractivity contribution in [3.8, 4) is 11.5 Å². The lowest BCUT2D eigenvalue weighted by molar-refractivity contribution is 0.103. The number of benzene rings is 4. The zero-order valence-electron chi connectivity index (χ0n) is 18.6. The highest BCUT2D eigenvalue weighted by Crippen LogP contribution is 2.24. The number of hydrogen-bond acceptors (Lipinski definition) is 9. The van der Waals surface area contributed by atoms with Crippen LogP contribution in [0.25, 0.3) is 0 Å². The topological polar surface area (TPSA) is 156 Å². The van der Waals surface area contributed by atoms with Crippen molar-refractivity contribution in [3.05, 3.63) is 108 Å². The number of carbonyl (C=O) groups excluding carboxylic acids is 1. The predicted octanol–water partition coefficient (Wildman–Crippen LogP) is 3.62. The quantitative estimate of drug-likeness (QED) is 0.200. The molecule has 4 rings (SSSR count). The van der Waals surface area contributed by atoms with Gasteiger partial charge in [0.15, 0.2) is 5.78 Å². The molecule has 0 unspecified atom stereocenters. The van der Waals surface area contributed by atoms with Crippen molar-refractivity contribution in [2.45, 2.75) is 9.79 Å². The minimum atomic E-state index is -4.25. The molecule has 0 fully saturated rings. The summed E-state index contributed by atoms with van der Waals surface area (Å²) in [4.78, 5) is 12.6. The number of nitrogen functional groups attached to an aromatic ring is 2. The lowest BCUT2D eigenvalue weighted by atomic mass is 10.0. The maximum absolute atomic E-state index is 13.1. The predicted molar refractivity (Wildman–Crippen MR) is 134 cm³/mol. The van der Waals surface area contributed by atoms with E-state index < -0.39 is 26.0 Å². The summed E-state index contributed by atoms with van der Waals surface area (Å²) < 4.78 is 61.1. The summed E-state index contributed by atoms with van der Waals surface area (Å²) in [5.41, 5.74) is 12.1. The first kappa shape index (κ1) is 24.8. The normalized spacial score (nSPS) is 11.6. The lowest BCUT2D eigenvalue weighted by Gasteiger charge is -2.10. The average molecular weight is 525 g/mol. The van der Waals surface area contributed by atoms with Crippen molar-refractivity contribution in [3.63, 3.8) is 0 Å². The molecular formula is C25H20N2O7S2. The molecule has 0 aliphatic heterocycles. The maximum Gasteiger partial charge on any atom is 0.339 e. The highest BCUT2D eigenvalue weighted by molar-refractivity contribution is 7.87. The van der Waals surface area contributed by atoms with Gasteiger partial charge in [0.2, 0.25) is 0 Å². The second-order valence-electron chi connectivity index (χ2n) is 7.60. The molecule has 11 heteroatoms. The van der Waals surface area contributed by atoms with Crippen LogP contribution in [0.1, 0.15) is 15.9 Å². The number of carbonyl (C=O) groups is 1. The molecule has 0 aliphatic rings. The molecule has 4 aromatic rings. The number of rotatable bonds is 8. The second kappa shape index (κ2) is 9.72. The Morgan fingerprint density at radius 1 is 0.556 bits per heavy atom. The van der Waals surface area contributed by atoms with E-state index in [2.05, 4.69) is 0 Å². The molecular weight excluding hydrogens is 504 g/mol. The van der Waals surface area contributed by atoms with Gasteiger partial charge in [0, 0.05) is 22.5 Å². The van der Waals surface area contributed by atoms with Crippen molar-refractivity contribution in [1.29, 1.82) is 0 Å². The summed E-state index contributed by atoms with van der Waals surface area (Å²) >= 11 is 0. The molecule has 9 nitrogen and oxygen atoms in total. The summed E-state index contributed by atoms with van der Waals surface area (Å²) in [6, 6.07) is 22.0. The van der Waals surface area contributed by atoms with E-state index in [4.69, 9.17) is 19.8 Å². The fourth-order valence-corrected chi connectivity index (χ4v) is 5.10. The molecule has 0 aliphatic carbocycles. The molecule has 0 bridgehead atoms. The number of ketones is 1. The monoisotopic (exact) mass is 524 g/mol. The molecule has 0 saturated carbocycles. The first-order valence-corrected chi connectivity index (χ1v) is 13.2. The summed E-state index contributed by atoms with van der Waals surface area (Å²) in [5.74, 6) is -0.482. The Labute approximate surface area is 208 Å². The van der Waals surface area contributed by atoms with E-state index in [9.17, 15) is 21.6 Å². The van der Waals surface area contributed by atoms with Crippen LogP contribution in [0.2, 0.25) is 0 Å². The minimum absolute atomic E-state index is 0.0194. The van der Waals surface area contributed by atoms with Gasteiger partial charge in [-0.1, -0.05) is 24.3 Å². The van der Waals surface area contributed by atoms with Gasteiger partial charge >= 0.3 is 20.2 Å². The minimum Gasteiger partial charge on any atom is -0.399 e. The van der Waals surface area contributed by atoms with Crippen LogP contribution >= 0.6 is 0 Å². The zero-order valence-corrected chi connectivity index (χ0v) is 20.2. The highest BCUT2D eigenvalue weighted by Gasteiger charge is 2.22. The zero-order chi connectivity index (χ0) is 25.9. The van der Waals surface area contributed by atoms with Gasteiger partial charge in [-0.05, 0) is 72.8 Å². The molecule has 184 valence electrons. The van der Waals surface area contributed by atoms with Crippen LogP contribution in [0.15, 0.2) is 107 Å². The largest absolute Gasteiger partial charge is 0.399 e. The molecule has 0 aromatic heterocycles. The van der Waals surface area contributed by atoms with E-state index in [1.54, 1.807) is 0 Å². The number of nitrogens with two attached hydrogens (primary N) is 2. The van der Waals surface area contributed by atoms with Crippen LogP contribution in [0.4, 0.5) is 11.4 Å². The third-order valence-electron chi connectivity index (χ3n) is 4.94. The Bertz CT molecular complexity index is 1510. The van der Waals surface area contributed by atoms with Gasteiger partial charge in [-0.2, -0.15) is 16.8 Å². The molecule has 0 spiro atoms. The third-order valence-corrected chi connectivity index (χ3v) is 7.43. The van der Waals surface area contributed by atoms with Crippen LogP contribution < -0.4 is 19.8 Å². The van der Waals surface area contributed by atoms with Gasteiger partial charge in [-0.25, -0.2) is 0 Å². The average Bonchev–Trinajstić information content (AvgIpc) is 2.86. The van der Waals surface area contributed by atoms with Crippen LogP contribution in [-0.2, 0) is 20.2 Å². The Hall–Kier alpha value is -4.35. The Balaban J connectivity index is 1.59. The van der Waals surface area contributed by atoms with E-state index in [1.165, 1.54) is 84.9 Å². The van der Waals surface area contributed by atoms with Crippen molar-refractivity contribution in [2.75, 3.05) is 11.5 Å². The highest BCUT2D eigenvalue weighted by atomic mass is 32.2. The molecule has 4 N–H and O–H groups in total. The van der Waals surface area contributed by atoms with Gasteiger partial charge in [-0.15, -0.1) is 0 Å². The molecule has 36 heavy (non-hydrogen) atoms. The van der Waals surface area contributed by atoms with Gasteiger partial charge in [0.05, 0.1) is 0 Å². The van der Waals surface area contributed by atoms with Crippen LogP contribution in [0.5, 0.6) is 11.5 Å². The molecule has 0 amide bonds. The molecule has 0 radical (unpaired) electrons. The summed E-state index contributed by atoms with van der Waals surface area (Å²) in [6.07, 6.45) is 0. The van der Waals surface area contributed by atoms with Gasteiger partial charge in [0.1, 0.15) is 21.3 Å². The smallest absolute Gasteiger partial charge is 0.339 e. The van der Waals surface area contributed by atoms with E-state index in [0.29, 0.717) is 11.4 Å². The maximum atomic E-state index is 13.1. The van der Waals surface area contributed by atoms with Crippen molar-refractivity contribution in [1.82, 2.24) is 0 Å². The van der Waals surface area contributed by atoms with E-state index in [1.807, 2.05) is 0 Å². The summed E-state index contributed by atoms with van der Waals surface area (Å²) in [6.45, 7) is 0. The Morgan fingerprint density at radius 2 is 0.917 bits per heavy atom. The Kier molecular flexibility index (Phi) is 6.69. The van der Waals surface area contributed by atoms with Gasteiger partial charge < -0.3 is 19.8 Å². The number of hydrogen-bond donors (Lipinski definition) is 2. The van der Waals surface area contributed by atoms with Gasteiger partial charge in [0.25, 0.3) is 0 Å². The van der Waals surface area contributed by atoms with Crippen molar-refractivity contribution < 1.29 is 30.0 Å². The summed E-state index contributed by atoms with van der Waals surface area (Å²) in [5, 5.41) is 0. The van der Waals surface area contributed by atoms with Crippen LogP contribution in [-0.4, -0.2) is 22.6 Å². The van der Waals surface area contributed by atoms with E-state index in [0.717, 1.165) is 12.1 Å². The van der Waals surface area contributed by atoms with Crippen molar-refractivity contribution >= 4 is 37.4 Å². The standard InChI is InChI=1S/C25H20N2O7S2/c26-19-7-11-21(12-8-19)33-35(29,30)23-5-1-3-17(15-23)25(28)18-4-2-6-24(16-18)36(31,32)34-22-13-9-20(27)10-14-22/h1-16H,26-27H2. The molecule has 0 atom stereocenters. The summed E-state index contributed by atoms with van der Waals surface area (Å²) in [7, 11) is -8.50. The third kappa shape index (κ3) is 5.65. The van der Waals surface area contributed by atoms with Gasteiger partial charge in [-0.3, -0.25) is 4.79 Å². The fourth-order valence-electron chi connectivity index (χ4n) is 3.15. The molecule has 0 saturated heterocycles. The van der Waals surface area contributed by atoms with Crippen LogP contribution in [0, 0.1) is 0 Å². The van der Waals surface area contributed by atoms with Crippen molar-refractivity contribution in [2.24, 2.45) is 0 Å². The first-order chi connectivity index (χ1) is 17.0. The lowest BCUT2D eigenvalue weighted by Crippen LogP contribution is -2.12.